The van der Waals surface area contributed by atoms with Crippen LogP contribution in [-0.4, -0.2) is 21.3 Å². The van der Waals surface area contributed by atoms with E-state index in [9.17, 15) is 4.79 Å². The lowest BCUT2D eigenvalue weighted by Crippen LogP contribution is -1.99. The third-order valence-electron chi connectivity index (χ3n) is 1.73. The molecule has 1 aromatic carbocycles. The van der Waals surface area contributed by atoms with Crippen molar-refractivity contribution in [2.24, 2.45) is 0 Å². The molecule has 0 atom stereocenters. The van der Waals surface area contributed by atoms with Gasteiger partial charge in [0.25, 0.3) is 0 Å². The minimum atomic E-state index is -1.04. The van der Waals surface area contributed by atoms with E-state index in [1.54, 1.807) is 23.7 Å². The normalized spacial score (nSPS) is 10.3. The van der Waals surface area contributed by atoms with E-state index >= 15 is 0 Å². The van der Waals surface area contributed by atoms with Gasteiger partial charge in [-0.15, -0.1) is 10.2 Å². The second-order valence-electron chi connectivity index (χ2n) is 2.72. The van der Waals surface area contributed by atoms with Crippen LogP contribution in [0.4, 0.5) is 0 Å². The van der Waals surface area contributed by atoms with Crippen molar-refractivity contribution in [1.82, 2.24) is 10.2 Å². The van der Waals surface area contributed by atoms with Crippen molar-refractivity contribution in [2.45, 2.75) is 9.24 Å². The molecule has 0 bridgehead atoms. The maximum Gasteiger partial charge on any atom is 0.338 e. The molecule has 82 valence electrons. The minimum Gasteiger partial charge on any atom is -0.478 e. The quantitative estimate of drug-likeness (QED) is 0.930. The molecule has 0 amide bonds. The first-order chi connectivity index (χ1) is 7.68. The summed E-state index contributed by atoms with van der Waals surface area (Å²) in [5.41, 5.74) is 1.69. The molecule has 0 aliphatic heterocycles. The molecule has 0 saturated heterocycles. The zero-order chi connectivity index (χ0) is 11.5. The Morgan fingerprint density at radius 3 is 2.94 bits per heavy atom. The fourth-order valence-electron chi connectivity index (χ4n) is 1.10. The summed E-state index contributed by atoms with van der Waals surface area (Å²) in [6.07, 6.45) is 0. The number of halogens is 1. The van der Waals surface area contributed by atoms with Crippen molar-refractivity contribution < 1.29 is 9.90 Å². The van der Waals surface area contributed by atoms with Gasteiger partial charge in [0.1, 0.15) is 5.51 Å². The van der Waals surface area contributed by atoms with Gasteiger partial charge in [-0.3, -0.25) is 0 Å². The van der Waals surface area contributed by atoms with Gasteiger partial charge in [-0.1, -0.05) is 40.8 Å². The smallest absolute Gasteiger partial charge is 0.338 e. The van der Waals surface area contributed by atoms with Gasteiger partial charge in [0.05, 0.1) is 10.6 Å². The topological polar surface area (TPSA) is 63.1 Å². The second kappa shape index (κ2) is 4.82. The van der Waals surface area contributed by atoms with Crippen molar-refractivity contribution in [1.29, 1.82) is 0 Å². The summed E-state index contributed by atoms with van der Waals surface area (Å²) >= 11 is 8.43. The number of benzene rings is 1. The summed E-state index contributed by atoms with van der Waals surface area (Å²) in [6.45, 7) is 0. The molecule has 1 heterocycles. The van der Waals surface area contributed by atoms with Crippen molar-refractivity contribution >= 4 is 40.7 Å². The summed E-state index contributed by atoms with van der Waals surface area (Å²) in [7, 11) is 0. The molecule has 1 aromatic heterocycles. The number of aromatic nitrogens is 2. The fraction of sp³-hybridized carbons (Fsp3) is 0. The van der Waals surface area contributed by atoms with Gasteiger partial charge in [0, 0.05) is 4.90 Å². The molecule has 0 radical (unpaired) electrons. The highest BCUT2D eigenvalue weighted by atomic mass is 35.5. The highest BCUT2D eigenvalue weighted by Crippen LogP contribution is 2.34. The number of carboxylic acid groups (broad SMARTS) is 1. The molecule has 7 heteroatoms. The highest BCUT2D eigenvalue weighted by molar-refractivity contribution is 8.01. The van der Waals surface area contributed by atoms with Crippen LogP contribution in [0, 0.1) is 0 Å². The average Bonchev–Trinajstić information content (AvgIpc) is 2.70. The SMILES string of the molecule is O=C(O)c1c(Cl)cccc1Sc1nncs1. The number of rotatable bonds is 3. The van der Waals surface area contributed by atoms with E-state index in [0.717, 1.165) is 0 Å². The zero-order valence-corrected chi connectivity index (χ0v) is 10.1. The highest BCUT2D eigenvalue weighted by Gasteiger charge is 2.15. The van der Waals surface area contributed by atoms with Crippen LogP contribution in [0.3, 0.4) is 0 Å². The molecule has 0 unspecified atom stereocenters. The number of hydrogen-bond acceptors (Lipinski definition) is 5. The van der Waals surface area contributed by atoms with Crippen LogP contribution in [0.15, 0.2) is 32.9 Å². The fourth-order valence-corrected chi connectivity index (χ4v) is 3.00. The largest absolute Gasteiger partial charge is 0.478 e. The Labute approximate surface area is 104 Å². The van der Waals surface area contributed by atoms with Gasteiger partial charge in [-0.2, -0.15) is 0 Å². The number of hydrogen-bond donors (Lipinski definition) is 1. The van der Waals surface area contributed by atoms with Gasteiger partial charge in [0.15, 0.2) is 4.34 Å². The Hall–Kier alpha value is -1.11. The van der Waals surface area contributed by atoms with E-state index in [-0.39, 0.29) is 10.6 Å². The average molecular weight is 273 g/mol. The van der Waals surface area contributed by atoms with Crippen LogP contribution in [-0.2, 0) is 0 Å². The van der Waals surface area contributed by atoms with E-state index in [1.807, 2.05) is 0 Å². The van der Waals surface area contributed by atoms with Crippen LogP contribution in [0.25, 0.3) is 0 Å². The zero-order valence-electron chi connectivity index (χ0n) is 7.75. The van der Waals surface area contributed by atoms with E-state index in [2.05, 4.69) is 10.2 Å². The van der Waals surface area contributed by atoms with Crippen molar-refractivity contribution in [3.8, 4) is 0 Å². The van der Waals surface area contributed by atoms with Crippen LogP contribution in [0.5, 0.6) is 0 Å². The summed E-state index contributed by atoms with van der Waals surface area (Å²) in [5, 5.41) is 16.8. The standard InChI is InChI=1S/C9H5ClN2O2S2/c10-5-2-1-3-6(7(5)8(13)14)16-9-12-11-4-15-9/h1-4H,(H,13,14). The maximum atomic E-state index is 11.0. The molecule has 0 aliphatic carbocycles. The summed E-state index contributed by atoms with van der Waals surface area (Å²) in [4.78, 5) is 11.6. The van der Waals surface area contributed by atoms with Gasteiger partial charge in [-0.25, -0.2) is 4.79 Å². The number of carboxylic acids is 1. The maximum absolute atomic E-state index is 11.0. The molecule has 4 nitrogen and oxygen atoms in total. The van der Waals surface area contributed by atoms with Crippen molar-refractivity contribution in [2.75, 3.05) is 0 Å². The molecule has 0 spiro atoms. The lowest BCUT2D eigenvalue weighted by atomic mass is 10.2. The molecule has 2 aromatic rings. The van der Waals surface area contributed by atoms with Gasteiger partial charge >= 0.3 is 5.97 Å². The minimum absolute atomic E-state index is 0.101. The van der Waals surface area contributed by atoms with E-state index in [1.165, 1.54) is 23.1 Å². The summed E-state index contributed by atoms with van der Waals surface area (Å²) in [6, 6.07) is 4.95. The Morgan fingerprint density at radius 1 is 1.50 bits per heavy atom. The Morgan fingerprint density at radius 2 is 2.31 bits per heavy atom. The van der Waals surface area contributed by atoms with Gasteiger partial charge < -0.3 is 5.11 Å². The molecule has 0 saturated carbocycles. The Kier molecular flexibility index (Phi) is 3.42. The first-order valence-electron chi connectivity index (χ1n) is 4.14. The predicted molar refractivity (Wildman–Crippen MR) is 62.4 cm³/mol. The van der Waals surface area contributed by atoms with Crippen LogP contribution < -0.4 is 0 Å². The number of aromatic carboxylic acids is 1. The third kappa shape index (κ3) is 2.34. The Bertz CT molecular complexity index is 516. The molecule has 1 N–H and O–H groups in total. The van der Waals surface area contributed by atoms with E-state index in [4.69, 9.17) is 16.7 Å². The number of carbonyl (C=O) groups is 1. The van der Waals surface area contributed by atoms with Crippen LogP contribution >= 0.6 is 34.7 Å². The van der Waals surface area contributed by atoms with Gasteiger partial charge in [-0.05, 0) is 12.1 Å². The summed E-state index contributed by atoms with van der Waals surface area (Å²) < 4.78 is 0.685. The van der Waals surface area contributed by atoms with E-state index < -0.39 is 5.97 Å². The van der Waals surface area contributed by atoms with Gasteiger partial charge in [0.2, 0.25) is 0 Å². The molecule has 16 heavy (non-hydrogen) atoms. The second-order valence-corrected chi connectivity index (χ2v) is 5.25. The third-order valence-corrected chi connectivity index (χ3v) is 3.88. The number of nitrogens with zero attached hydrogens (tertiary/aromatic N) is 2. The van der Waals surface area contributed by atoms with Crippen molar-refractivity contribution in [3.63, 3.8) is 0 Å². The monoisotopic (exact) mass is 272 g/mol. The lowest BCUT2D eigenvalue weighted by molar-refractivity contribution is 0.0693. The summed E-state index contributed by atoms with van der Waals surface area (Å²) in [5.74, 6) is -1.04. The molecular formula is C9H5ClN2O2S2. The molecular weight excluding hydrogens is 268 g/mol. The molecule has 2 rings (SSSR count). The molecule has 0 fully saturated rings. The van der Waals surface area contributed by atoms with Crippen LogP contribution in [0.1, 0.15) is 10.4 Å². The molecule has 0 aliphatic rings. The Balaban J connectivity index is 2.40. The van der Waals surface area contributed by atoms with Crippen LogP contribution in [0.2, 0.25) is 5.02 Å². The first-order valence-corrected chi connectivity index (χ1v) is 6.21. The van der Waals surface area contributed by atoms with Crippen molar-refractivity contribution in [3.05, 3.63) is 34.3 Å². The van der Waals surface area contributed by atoms with E-state index in [0.29, 0.717) is 9.24 Å². The first kappa shape index (κ1) is 11.4. The predicted octanol–water partition coefficient (Wildman–Crippen LogP) is 3.04. The lowest BCUT2D eigenvalue weighted by Gasteiger charge is -2.04.